The molecular weight excluding hydrogens is 539 g/mol. The minimum atomic E-state index is -0.517. The Labute approximate surface area is 211 Å². The summed E-state index contributed by atoms with van der Waals surface area (Å²) >= 11 is 0. The Kier molecular flexibility index (Phi) is 9.32. The van der Waals surface area contributed by atoms with Crippen molar-refractivity contribution < 1.29 is 19.1 Å². The molecule has 0 atom stereocenters. The SMILES string of the molecule is CC(C)(C)OC(=O)N1CCN(C(N)=NCc2ccc(C(=O)N3CCNC(=O)C3)cc2)CC1.I. The number of halogens is 1. The topological polar surface area (TPSA) is 121 Å². The Morgan fingerprint density at radius 1 is 1.03 bits per heavy atom. The molecule has 3 rings (SSSR count). The first-order chi connectivity index (χ1) is 15.1. The average molecular weight is 572 g/mol. The number of nitrogens with zero attached hydrogens (tertiary/aromatic N) is 4. The normalized spacial score (nSPS) is 17.2. The van der Waals surface area contributed by atoms with E-state index in [1.807, 2.05) is 37.8 Å². The first-order valence-corrected chi connectivity index (χ1v) is 10.8. The number of carbonyl (C=O) groups excluding carboxylic acids is 3. The van der Waals surface area contributed by atoms with E-state index in [-0.39, 0.29) is 48.4 Å². The molecule has 2 saturated heterocycles. The van der Waals surface area contributed by atoms with Crippen LogP contribution in [0, 0.1) is 0 Å². The van der Waals surface area contributed by atoms with Crippen molar-refractivity contribution in [1.29, 1.82) is 0 Å². The van der Waals surface area contributed by atoms with Crippen molar-refractivity contribution in [2.45, 2.75) is 32.9 Å². The number of piperazine rings is 2. The second kappa shape index (κ2) is 11.5. The molecule has 33 heavy (non-hydrogen) atoms. The molecule has 0 radical (unpaired) electrons. The van der Waals surface area contributed by atoms with E-state index in [4.69, 9.17) is 10.5 Å². The number of aliphatic imine (C=N–C) groups is 1. The molecule has 2 aliphatic rings. The molecule has 2 heterocycles. The Bertz CT molecular complexity index is 876. The maximum absolute atomic E-state index is 12.5. The molecule has 0 unspecified atom stereocenters. The molecule has 1 aromatic rings. The highest BCUT2D eigenvalue weighted by Gasteiger charge is 2.26. The van der Waals surface area contributed by atoms with Gasteiger partial charge in [-0.15, -0.1) is 24.0 Å². The van der Waals surface area contributed by atoms with Gasteiger partial charge in [0, 0.05) is 44.8 Å². The number of nitrogens with one attached hydrogen (secondary N) is 1. The highest BCUT2D eigenvalue weighted by Crippen LogP contribution is 2.13. The fourth-order valence-electron chi connectivity index (χ4n) is 3.46. The van der Waals surface area contributed by atoms with Crippen molar-refractivity contribution in [3.05, 3.63) is 35.4 Å². The molecule has 0 saturated carbocycles. The molecule has 0 aliphatic carbocycles. The first-order valence-electron chi connectivity index (χ1n) is 10.8. The molecule has 182 valence electrons. The lowest BCUT2D eigenvalue weighted by Gasteiger charge is -2.36. The molecule has 0 spiro atoms. The number of ether oxygens (including phenoxy) is 1. The third-order valence-corrected chi connectivity index (χ3v) is 5.21. The van der Waals surface area contributed by atoms with Gasteiger partial charge in [-0.25, -0.2) is 9.79 Å². The van der Waals surface area contributed by atoms with Gasteiger partial charge in [0.25, 0.3) is 5.91 Å². The maximum Gasteiger partial charge on any atom is 0.410 e. The average Bonchev–Trinajstić information content (AvgIpc) is 2.76. The van der Waals surface area contributed by atoms with Crippen LogP contribution >= 0.6 is 24.0 Å². The fourth-order valence-corrected chi connectivity index (χ4v) is 3.46. The standard InChI is InChI=1S/C22H32N6O4.HI/c1-22(2,3)32-21(31)27-12-10-26(11-13-27)20(23)25-14-16-4-6-17(7-5-16)19(30)28-9-8-24-18(29)15-28;/h4-7H,8-15H2,1-3H3,(H2,23,25)(H,24,29);1H. The monoisotopic (exact) mass is 572 g/mol. The zero-order valence-corrected chi connectivity index (χ0v) is 21.7. The van der Waals surface area contributed by atoms with Crippen LogP contribution in [-0.2, 0) is 16.1 Å². The van der Waals surface area contributed by atoms with Crippen LogP contribution in [0.15, 0.2) is 29.3 Å². The predicted molar refractivity (Wildman–Crippen MR) is 135 cm³/mol. The molecule has 0 bridgehead atoms. The van der Waals surface area contributed by atoms with Crippen molar-refractivity contribution in [1.82, 2.24) is 20.0 Å². The van der Waals surface area contributed by atoms with Crippen LogP contribution in [-0.4, -0.2) is 90.0 Å². The zero-order chi connectivity index (χ0) is 23.3. The van der Waals surface area contributed by atoms with Gasteiger partial charge in [-0.2, -0.15) is 0 Å². The highest BCUT2D eigenvalue weighted by atomic mass is 127. The highest BCUT2D eigenvalue weighted by molar-refractivity contribution is 14.0. The van der Waals surface area contributed by atoms with Gasteiger partial charge in [0.2, 0.25) is 5.91 Å². The number of hydrogen-bond donors (Lipinski definition) is 2. The van der Waals surface area contributed by atoms with Crippen LogP contribution in [0.1, 0.15) is 36.7 Å². The number of guanidine groups is 1. The summed E-state index contributed by atoms with van der Waals surface area (Å²) in [4.78, 5) is 45.8. The van der Waals surface area contributed by atoms with E-state index in [2.05, 4.69) is 10.3 Å². The Morgan fingerprint density at radius 3 is 2.21 bits per heavy atom. The number of carbonyl (C=O) groups is 3. The molecule has 10 nitrogen and oxygen atoms in total. The van der Waals surface area contributed by atoms with Crippen LogP contribution in [0.5, 0.6) is 0 Å². The molecule has 2 fully saturated rings. The van der Waals surface area contributed by atoms with Crippen molar-refractivity contribution >= 4 is 47.8 Å². The summed E-state index contributed by atoms with van der Waals surface area (Å²) in [5.74, 6) is 0.128. The van der Waals surface area contributed by atoms with Gasteiger partial charge in [0.1, 0.15) is 5.60 Å². The van der Waals surface area contributed by atoms with Crippen LogP contribution in [0.4, 0.5) is 4.79 Å². The number of hydrogen-bond acceptors (Lipinski definition) is 5. The quantitative estimate of drug-likeness (QED) is 0.320. The van der Waals surface area contributed by atoms with Gasteiger partial charge in [-0.05, 0) is 38.5 Å². The molecular formula is C22H33IN6O4. The number of amides is 3. The van der Waals surface area contributed by atoms with Gasteiger partial charge in [0.05, 0.1) is 13.1 Å². The van der Waals surface area contributed by atoms with Crippen LogP contribution in [0.2, 0.25) is 0 Å². The van der Waals surface area contributed by atoms with Gasteiger partial charge in [-0.1, -0.05) is 12.1 Å². The Balaban J connectivity index is 0.00000385. The van der Waals surface area contributed by atoms with Crippen LogP contribution < -0.4 is 11.1 Å². The Morgan fingerprint density at radius 2 is 1.64 bits per heavy atom. The second-order valence-corrected chi connectivity index (χ2v) is 8.90. The molecule has 11 heteroatoms. The minimum Gasteiger partial charge on any atom is -0.444 e. The summed E-state index contributed by atoms with van der Waals surface area (Å²) in [5.41, 5.74) is 7.10. The summed E-state index contributed by atoms with van der Waals surface area (Å²) in [6, 6.07) is 7.17. The summed E-state index contributed by atoms with van der Waals surface area (Å²) in [6.07, 6.45) is -0.313. The van der Waals surface area contributed by atoms with Gasteiger partial charge >= 0.3 is 6.09 Å². The van der Waals surface area contributed by atoms with Gasteiger partial charge < -0.3 is 30.5 Å². The van der Waals surface area contributed by atoms with E-state index in [9.17, 15) is 14.4 Å². The maximum atomic E-state index is 12.5. The lowest BCUT2D eigenvalue weighted by molar-refractivity contribution is -0.123. The van der Waals surface area contributed by atoms with Crippen molar-refractivity contribution in [2.75, 3.05) is 45.8 Å². The zero-order valence-electron chi connectivity index (χ0n) is 19.4. The minimum absolute atomic E-state index is 0. The molecule has 3 amide bonds. The van der Waals surface area contributed by atoms with E-state index in [1.54, 1.807) is 21.9 Å². The van der Waals surface area contributed by atoms with Gasteiger partial charge in [0.15, 0.2) is 5.96 Å². The van der Waals surface area contributed by atoms with Crippen LogP contribution in [0.25, 0.3) is 0 Å². The Hall–Kier alpha value is -2.57. The number of benzene rings is 1. The summed E-state index contributed by atoms with van der Waals surface area (Å²) in [7, 11) is 0. The van der Waals surface area contributed by atoms with E-state index in [0.717, 1.165) is 5.56 Å². The van der Waals surface area contributed by atoms with Crippen LogP contribution in [0.3, 0.4) is 0 Å². The number of rotatable bonds is 3. The molecule has 3 N–H and O–H groups in total. The third kappa shape index (κ3) is 7.76. The fraction of sp³-hybridized carbons (Fsp3) is 0.545. The number of nitrogens with two attached hydrogens (primary N) is 1. The predicted octanol–water partition coefficient (Wildman–Crippen LogP) is 1.24. The molecule has 0 aromatic heterocycles. The summed E-state index contributed by atoms with van der Waals surface area (Å²) < 4.78 is 5.41. The van der Waals surface area contributed by atoms with Crippen molar-refractivity contribution in [2.24, 2.45) is 10.7 Å². The van der Waals surface area contributed by atoms with Crippen molar-refractivity contribution in [3.63, 3.8) is 0 Å². The van der Waals surface area contributed by atoms with E-state index in [1.165, 1.54) is 0 Å². The second-order valence-electron chi connectivity index (χ2n) is 8.90. The summed E-state index contributed by atoms with van der Waals surface area (Å²) in [6.45, 7) is 9.23. The van der Waals surface area contributed by atoms with E-state index >= 15 is 0 Å². The summed E-state index contributed by atoms with van der Waals surface area (Å²) in [5, 5.41) is 2.71. The smallest absolute Gasteiger partial charge is 0.410 e. The third-order valence-electron chi connectivity index (χ3n) is 5.21. The molecule has 1 aromatic carbocycles. The van der Waals surface area contributed by atoms with E-state index in [0.29, 0.717) is 57.3 Å². The van der Waals surface area contributed by atoms with Crippen molar-refractivity contribution in [3.8, 4) is 0 Å². The lowest BCUT2D eigenvalue weighted by atomic mass is 10.1. The van der Waals surface area contributed by atoms with Gasteiger partial charge in [-0.3, -0.25) is 9.59 Å². The first kappa shape index (κ1) is 26.7. The lowest BCUT2D eigenvalue weighted by Crippen LogP contribution is -2.53. The molecule has 2 aliphatic heterocycles. The largest absolute Gasteiger partial charge is 0.444 e. The van der Waals surface area contributed by atoms with E-state index < -0.39 is 5.60 Å².